The van der Waals surface area contributed by atoms with Gasteiger partial charge in [-0.15, -0.1) is 10.2 Å². The molecule has 1 heterocycles. The predicted molar refractivity (Wildman–Crippen MR) is 109 cm³/mol. The van der Waals surface area contributed by atoms with Crippen molar-refractivity contribution >= 4 is 43.9 Å². The van der Waals surface area contributed by atoms with Gasteiger partial charge < -0.3 is 10.1 Å². The number of aromatic nitrogens is 2. The van der Waals surface area contributed by atoms with Crippen LogP contribution in [0.1, 0.15) is 6.42 Å². The summed E-state index contributed by atoms with van der Waals surface area (Å²) < 4.78 is 28.3. The lowest BCUT2D eigenvalue weighted by molar-refractivity contribution is 0.483. The molecule has 3 N–H and O–H groups in total. The van der Waals surface area contributed by atoms with Crippen LogP contribution in [-0.2, 0) is 10.0 Å². The number of nitrogens with one attached hydrogen (secondary N) is 1. The van der Waals surface area contributed by atoms with Crippen LogP contribution in [0.5, 0.6) is 11.5 Å². The lowest BCUT2D eigenvalue weighted by Crippen LogP contribution is -2.16. The maximum atomic E-state index is 10.9. The van der Waals surface area contributed by atoms with E-state index in [4.69, 9.17) is 9.88 Å². The molecule has 27 heavy (non-hydrogen) atoms. The molecule has 2 aromatic carbocycles. The van der Waals surface area contributed by atoms with Gasteiger partial charge in [0.05, 0.1) is 5.75 Å². The van der Waals surface area contributed by atoms with Gasteiger partial charge in [0.15, 0.2) is 4.34 Å². The van der Waals surface area contributed by atoms with Crippen molar-refractivity contribution in [3.63, 3.8) is 0 Å². The summed E-state index contributed by atoms with van der Waals surface area (Å²) in [4.78, 5) is 0. The number of para-hydroxylation sites is 1. The van der Waals surface area contributed by atoms with Gasteiger partial charge in [-0.05, 0) is 42.8 Å². The molecule has 10 heteroatoms. The van der Waals surface area contributed by atoms with Gasteiger partial charge in [-0.2, -0.15) is 0 Å². The van der Waals surface area contributed by atoms with Crippen LogP contribution < -0.4 is 15.2 Å². The minimum atomic E-state index is -3.41. The second kappa shape index (κ2) is 9.18. The maximum Gasteiger partial charge on any atom is 0.210 e. The summed E-state index contributed by atoms with van der Waals surface area (Å²) >= 11 is 2.87. The summed E-state index contributed by atoms with van der Waals surface area (Å²) in [6, 6.07) is 17.1. The number of benzene rings is 2. The zero-order valence-corrected chi connectivity index (χ0v) is 16.7. The van der Waals surface area contributed by atoms with E-state index in [9.17, 15) is 8.42 Å². The highest BCUT2D eigenvalue weighted by atomic mass is 32.2. The number of thioether (sulfide) groups is 1. The topological polar surface area (TPSA) is 107 Å². The largest absolute Gasteiger partial charge is 0.457 e. The quantitative estimate of drug-likeness (QED) is 0.398. The highest BCUT2D eigenvalue weighted by molar-refractivity contribution is 8.01. The predicted octanol–water partition coefficient (Wildman–Crippen LogP) is 3.84. The molecule has 0 atom stereocenters. The number of hydrogen-bond acceptors (Lipinski definition) is 8. The number of rotatable bonds is 9. The first-order valence-electron chi connectivity index (χ1n) is 8.05. The van der Waals surface area contributed by atoms with E-state index in [1.807, 2.05) is 54.6 Å². The summed E-state index contributed by atoms with van der Waals surface area (Å²) in [6.45, 7) is 0. The Kier molecular flexibility index (Phi) is 6.67. The molecule has 0 aliphatic rings. The maximum absolute atomic E-state index is 10.9. The molecule has 3 aromatic rings. The number of ether oxygens (including phenoxy) is 1. The van der Waals surface area contributed by atoms with Crippen LogP contribution >= 0.6 is 23.1 Å². The Balaban J connectivity index is 1.50. The molecule has 142 valence electrons. The second-order valence-electron chi connectivity index (χ2n) is 5.51. The zero-order valence-electron chi connectivity index (χ0n) is 14.2. The summed E-state index contributed by atoms with van der Waals surface area (Å²) in [5.74, 6) is 2.12. The lowest BCUT2D eigenvalue weighted by atomic mass is 10.3. The molecule has 0 saturated heterocycles. The molecule has 0 bridgehead atoms. The van der Waals surface area contributed by atoms with E-state index in [0.717, 1.165) is 21.5 Å². The summed E-state index contributed by atoms with van der Waals surface area (Å²) in [5.41, 5.74) is 0.873. The van der Waals surface area contributed by atoms with Gasteiger partial charge in [0.1, 0.15) is 11.5 Å². The molecular formula is C17H18N4O3S3. The highest BCUT2D eigenvalue weighted by Gasteiger charge is 2.07. The van der Waals surface area contributed by atoms with Crippen LogP contribution in [0.4, 0.5) is 10.8 Å². The molecule has 3 rings (SSSR count). The molecule has 0 spiro atoms. The van der Waals surface area contributed by atoms with Crippen molar-refractivity contribution in [3.8, 4) is 11.5 Å². The fourth-order valence-corrected chi connectivity index (χ4v) is 4.60. The molecule has 7 nitrogen and oxygen atoms in total. The highest BCUT2D eigenvalue weighted by Crippen LogP contribution is 2.29. The lowest BCUT2D eigenvalue weighted by Gasteiger charge is -2.06. The average molecular weight is 423 g/mol. The van der Waals surface area contributed by atoms with Crippen LogP contribution in [-0.4, -0.2) is 30.1 Å². The van der Waals surface area contributed by atoms with Crippen molar-refractivity contribution in [1.29, 1.82) is 0 Å². The van der Waals surface area contributed by atoms with E-state index >= 15 is 0 Å². The third-order valence-corrected chi connectivity index (χ3v) is 6.21. The van der Waals surface area contributed by atoms with Crippen LogP contribution in [0.25, 0.3) is 0 Å². The standard InChI is InChI=1S/C17H18N4O3S3/c18-27(22,23)12-4-11-25-17-21-20-16(26-17)19-13-7-9-15(10-8-13)24-14-5-2-1-3-6-14/h1-3,5-10H,4,11-12H2,(H,19,20)(H2,18,22,23). The SMILES string of the molecule is NS(=O)(=O)CCCSc1nnc(Nc2ccc(Oc3ccccc3)cc2)s1. The monoisotopic (exact) mass is 422 g/mol. The van der Waals surface area contributed by atoms with Gasteiger partial charge in [0.25, 0.3) is 0 Å². The summed E-state index contributed by atoms with van der Waals surface area (Å²) in [7, 11) is -3.41. The number of hydrogen-bond donors (Lipinski definition) is 2. The van der Waals surface area contributed by atoms with Gasteiger partial charge in [0, 0.05) is 11.4 Å². The molecular weight excluding hydrogens is 404 g/mol. The Bertz CT molecular complexity index is 961. The first-order valence-corrected chi connectivity index (χ1v) is 11.6. The first-order chi connectivity index (χ1) is 13.0. The number of sulfonamides is 1. The van der Waals surface area contributed by atoms with Gasteiger partial charge in [0.2, 0.25) is 15.2 Å². The van der Waals surface area contributed by atoms with Crippen molar-refractivity contribution in [2.75, 3.05) is 16.8 Å². The molecule has 0 radical (unpaired) electrons. The minimum absolute atomic E-state index is 0.0265. The Labute approximate surface area is 166 Å². The molecule has 0 aliphatic carbocycles. The van der Waals surface area contributed by atoms with Crippen LogP contribution in [0, 0.1) is 0 Å². The molecule has 0 amide bonds. The molecule has 0 aliphatic heterocycles. The van der Waals surface area contributed by atoms with Crippen molar-refractivity contribution in [2.45, 2.75) is 10.8 Å². The van der Waals surface area contributed by atoms with Gasteiger partial charge in [-0.3, -0.25) is 0 Å². The smallest absolute Gasteiger partial charge is 0.210 e. The van der Waals surface area contributed by atoms with E-state index in [0.29, 0.717) is 17.3 Å². The fourth-order valence-electron chi connectivity index (χ4n) is 2.09. The van der Waals surface area contributed by atoms with Crippen molar-refractivity contribution in [3.05, 3.63) is 54.6 Å². The average Bonchev–Trinajstić information content (AvgIpc) is 3.08. The molecule has 0 fully saturated rings. The normalized spacial score (nSPS) is 11.3. The number of nitrogens with two attached hydrogens (primary N) is 1. The van der Waals surface area contributed by atoms with Crippen molar-refractivity contribution in [1.82, 2.24) is 10.2 Å². The number of nitrogens with zero attached hydrogens (tertiary/aromatic N) is 2. The minimum Gasteiger partial charge on any atom is -0.457 e. The van der Waals surface area contributed by atoms with Crippen LogP contribution in [0.15, 0.2) is 58.9 Å². The number of anilines is 2. The van der Waals surface area contributed by atoms with E-state index in [1.165, 1.54) is 23.1 Å². The molecule has 1 aromatic heterocycles. The van der Waals surface area contributed by atoms with Crippen LogP contribution in [0.3, 0.4) is 0 Å². The summed E-state index contributed by atoms with van der Waals surface area (Å²) in [5, 5.41) is 17.0. The third-order valence-electron chi connectivity index (χ3n) is 3.29. The fraction of sp³-hybridized carbons (Fsp3) is 0.176. The zero-order chi connectivity index (χ0) is 19.1. The van der Waals surface area contributed by atoms with Crippen molar-refractivity contribution < 1.29 is 13.2 Å². The first kappa shape index (κ1) is 19.6. The van der Waals surface area contributed by atoms with E-state index in [2.05, 4.69) is 15.5 Å². The van der Waals surface area contributed by atoms with E-state index < -0.39 is 10.0 Å². The van der Waals surface area contributed by atoms with E-state index in [-0.39, 0.29) is 5.75 Å². The van der Waals surface area contributed by atoms with Gasteiger partial charge >= 0.3 is 0 Å². The molecule has 0 saturated carbocycles. The Morgan fingerprint density at radius 2 is 1.74 bits per heavy atom. The number of primary sulfonamides is 1. The Morgan fingerprint density at radius 1 is 1.04 bits per heavy atom. The van der Waals surface area contributed by atoms with E-state index in [1.54, 1.807) is 0 Å². The van der Waals surface area contributed by atoms with Crippen molar-refractivity contribution in [2.24, 2.45) is 5.14 Å². The van der Waals surface area contributed by atoms with Crippen LogP contribution in [0.2, 0.25) is 0 Å². The van der Waals surface area contributed by atoms with Gasteiger partial charge in [-0.25, -0.2) is 13.6 Å². The summed E-state index contributed by atoms with van der Waals surface area (Å²) in [6.07, 6.45) is 0.481. The second-order valence-corrected chi connectivity index (χ2v) is 9.56. The molecule has 0 unspecified atom stereocenters. The Hall–Kier alpha value is -2.14. The Morgan fingerprint density at radius 3 is 2.44 bits per heavy atom. The van der Waals surface area contributed by atoms with Gasteiger partial charge in [-0.1, -0.05) is 41.3 Å². The third kappa shape index (κ3) is 6.83.